The van der Waals surface area contributed by atoms with Crippen LogP contribution in [0.5, 0.6) is 5.75 Å². The van der Waals surface area contributed by atoms with Crippen LogP contribution in [0.2, 0.25) is 0 Å². The highest BCUT2D eigenvalue weighted by molar-refractivity contribution is 5.69. The minimum absolute atomic E-state index is 0.0830. The number of carboxylic acids is 1. The van der Waals surface area contributed by atoms with Crippen LogP contribution in [0, 0.1) is 6.92 Å². The number of hydrogen-bond donors (Lipinski definition) is 1. The van der Waals surface area contributed by atoms with Crippen LogP contribution in [-0.2, 0) is 4.79 Å². The Hall–Kier alpha value is -1.81. The second kappa shape index (κ2) is 4.38. The second-order valence-corrected chi connectivity index (χ2v) is 5.40. The largest absolute Gasteiger partial charge is 0.481 e. The van der Waals surface area contributed by atoms with E-state index in [2.05, 4.69) is 25.1 Å². The molecule has 1 fully saturated rings. The van der Waals surface area contributed by atoms with Gasteiger partial charge in [-0.25, -0.2) is 0 Å². The molecule has 0 aliphatic carbocycles. The smallest absolute Gasteiger partial charge is 0.317 e. The summed E-state index contributed by atoms with van der Waals surface area (Å²) in [6.45, 7) is 3.54. The van der Waals surface area contributed by atoms with Crippen LogP contribution < -0.4 is 4.74 Å². The molecular formula is C15H17NO3. The van der Waals surface area contributed by atoms with Crippen molar-refractivity contribution in [1.82, 2.24) is 4.90 Å². The summed E-state index contributed by atoms with van der Waals surface area (Å²) in [5, 5.41) is 8.85. The number of benzene rings is 1. The quantitative estimate of drug-likeness (QED) is 0.881. The molecule has 4 heteroatoms. The Balaban J connectivity index is 1.79. The molecule has 1 spiro atoms. The zero-order chi connectivity index (χ0) is 13.5. The van der Waals surface area contributed by atoms with Crippen molar-refractivity contribution in [3.63, 3.8) is 0 Å². The van der Waals surface area contributed by atoms with Gasteiger partial charge in [-0.1, -0.05) is 17.7 Å². The fourth-order valence-corrected chi connectivity index (χ4v) is 2.82. The Morgan fingerprint density at radius 2 is 2.37 bits per heavy atom. The van der Waals surface area contributed by atoms with Crippen LogP contribution in [0.1, 0.15) is 17.5 Å². The molecule has 0 saturated carbocycles. The molecule has 1 aromatic rings. The molecule has 0 amide bonds. The summed E-state index contributed by atoms with van der Waals surface area (Å²) in [5.74, 6) is 0.109. The van der Waals surface area contributed by atoms with Gasteiger partial charge in [-0.15, -0.1) is 0 Å². The predicted molar refractivity (Wildman–Crippen MR) is 72.3 cm³/mol. The molecule has 19 heavy (non-hydrogen) atoms. The molecule has 1 atom stereocenters. The van der Waals surface area contributed by atoms with Gasteiger partial charge >= 0.3 is 5.97 Å². The van der Waals surface area contributed by atoms with Gasteiger partial charge < -0.3 is 9.84 Å². The number of likely N-dealkylation sites (tertiary alicyclic amines) is 1. The van der Waals surface area contributed by atoms with E-state index in [0.29, 0.717) is 6.54 Å². The summed E-state index contributed by atoms with van der Waals surface area (Å²) in [6, 6.07) is 6.13. The molecule has 2 aliphatic heterocycles. The highest BCUT2D eigenvalue weighted by Crippen LogP contribution is 2.36. The number of carboxylic acid groups (broad SMARTS) is 1. The van der Waals surface area contributed by atoms with Crippen molar-refractivity contribution >= 4 is 12.0 Å². The molecule has 100 valence electrons. The third-order valence-electron chi connectivity index (χ3n) is 3.75. The summed E-state index contributed by atoms with van der Waals surface area (Å²) in [5.41, 5.74) is 1.96. The Kier molecular flexibility index (Phi) is 2.82. The fourth-order valence-electron chi connectivity index (χ4n) is 2.82. The number of rotatable bonds is 2. The molecule has 3 rings (SSSR count). The number of carbonyl (C=O) groups is 1. The SMILES string of the molecule is Cc1ccc2c(c1)C=CC1(CCN(CC(=O)O)C1)O2. The van der Waals surface area contributed by atoms with Gasteiger partial charge in [0.25, 0.3) is 0 Å². The normalized spacial score (nSPS) is 25.3. The van der Waals surface area contributed by atoms with Crippen molar-refractivity contribution in [2.75, 3.05) is 19.6 Å². The minimum Gasteiger partial charge on any atom is -0.481 e. The van der Waals surface area contributed by atoms with Crippen LogP contribution in [0.4, 0.5) is 0 Å². The Morgan fingerprint density at radius 1 is 1.53 bits per heavy atom. The average Bonchev–Trinajstić information content (AvgIpc) is 2.72. The van der Waals surface area contributed by atoms with E-state index in [1.807, 2.05) is 17.0 Å². The van der Waals surface area contributed by atoms with Crippen molar-refractivity contribution in [2.45, 2.75) is 18.9 Å². The standard InChI is InChI=1S/C15H17NO3/c1-11-2-3-13-12(8-11)4-5-15(19-13)6-7-16(10-15)9-14(17)18/h2-5,8H,6-7,9-10H2,1H3,(H,17,18). The third kappa shape index (κ3) is 2.36. The lowest BCUT2D eigenvalue weighted by Crippen LogP contribution is -2.39. The molecule has 1 N–H and O–H groups in total. The Bertz CT molecular complexity index is 552. The van der Waals surface area contributed by atoms with Crippen LogP contribution >= 0.6 is 0 Å². The lowest BCUT2D eigenvalue weighted by molar-refractivity contribution is -0.138. The van der Waals surface area contributed by atoms with E-state index >= 15 is 0 Å². The van der Waals surface area contributed by atoms with Gasteiger partial charge in [-0.3, -0.25) is 9.69 Å². The number of ether oxygens (including phenoxy) is 1. The molecule has 2 aliphatic rings. The topological polar surface area (TPSA) is 49.8 Å². The molecule has 1 aromatic carbocycles. The van der Waals surface area contributed by atoms with Crippen molar-refractivity contribution in [2.24, 2.45) is 0 Å². The first kappa shape index (κ1) is 12.2. The van der Waals surface area contributed by atoms with Gasteiger partial charge in [0.05, 0.1) is 6.54 Å². The maximum absolute atomic E-state index is 10.8. The lowest BCUT2D eigenvalue weighted by Gasteiger charge is -2.31. The lowest BCUT2D eigenvalue weighted by atomic mass is 9.97. The first-order valence-corrected chi connectivity index (χ1v) is 6.49. The van der Waals surface area contributed by atoms with E-state index in [1.165, 1.54) is 5.56 Å². The molecule has 2 heterocycles. The van der Waals surface area contributed by atoms with Gasteiger partial charge in [0, 0.05) is 25.1 Å². The number of aryl methyl sites for hydroxylation is 1. The molecule has 0 bridgehead atoms. The van der Waals surface area contributed by atoms with Crippen LogP contribution in [0.3, 0.4) is 0 Å². The summed E-state index contributed by atoms with van der Waals surface area (Å²) in [6.07, 6.45) is 5.01. The van der Waals surface area contributed by atoms with Crippen LogP contribution in [-0.4, -0.2) is 41.2 Å². The number of hydrogen-bond acceptors (Lipinski definition) is 3. The van der Waals surface area contributed by atoms with Gasteiger partial charge in [-0.05, 0) is 25.1 Å². The van der Waals surface area contributed by atoms with Crippen molar-refractivity contribution < 1.29 is 14.6 Å². The summed E-state index contributed by atoms with van der Waals surface area (Å²) >= 11 is 0. The zero-order valence-electron chi connectivity index (χ0n) is 10.9. The molecular weight excluding hydrogens is 242 g/mol. The van der Waals surface area contributed by atoms with Crippen molar-refractivity contribution in [3.8, 4) is 5.75 Å². The van der Waals surface area contributed by atoms with Gasteiger partial charge in [0.1, 0.15) is 11.4 Å². The number of nitrogens with zero attached hydrogens (tertiary/aromatic N) is 1. The monoisotopic (exact) mass is 259 g/mol. The summed E-state index contributed by atoms with van der Waals surface area (Å²) in [4.78, 5) is 12.7. The Labute approximate surface area is 112 Å². The summed E-state index contributed by atoms with van der Waals surface area (Å²) in [7, 11) is 0. The first-order chi connectivity index (χ1) is 9.06. The summed E-state index contributed by atoms with van der Waals surface area (Å²) < 4.78 is 6.13. The van der Waals surface area contributed by atoms with Crippen molar-refractivity contribution in [1.29, 1.82) is 0 Å². The molecule has 0 aromatic heterocycles. The van der Waals surface area contributed by atoms with E-state index in [-0.39, 0.29) is 12.1 Å². The van der Waals surface area contributed by atoms with Crippen LogP contribution in [0.25, 0.3) is 6.08 Å². The minimum atomic E-state index is -0.784. The second-order valence-electron chi connectivity index (χ2n) is 5.40. The Morgan fingerprint density at radius 3 is 3.16 bits per heavy atom. The number of fused-ring (bicyclic) bond motifs is 1. The van der Waals surface area contributed by atoms with E-state index in [0.717, 1.165) is 24.3 Å². The molecule has 1 saturated heterocycles. The first-order valence-electron chi connectivity index (χ1n) is 6.49. The highest BCUT2D eigenvalue weighted by Gasteiger charge is 2.40. The van der Waals surface area contributed by atoms with E-state index in [1.54, 1.807) is 0 Å². The fraction of sp³-hybridized carbons (Fsp3) is 0.400. The third-order valence-corrected chi connectivity index (χ3v) is 3.75. The van der Waals surface area contributed by atoms with Gasteiger partial charge in [0.2, 0.25) is 0 Å². The van der Waals surface area contributed by atoms with E-state index in [4.69, 9.17) is 9.84 Å². The molecule has 0 radical (unpaired) electrons. The highest BCUT2D eigenvalue weighted by atomic mass is 16.5. The van der Waals surface area contributed by atoms with E-state index < -0.39 is 5.97 Å². The van der Waals surface area contributed by atoms with Crippen LogP contribution in [0.15, 0.2) is 24.3 Å². The maximum Gasteiger partial charge on any atom is 0.317 e. The molecule has 4 nitrogen and oxygen atoms in total. The maximum atomic E-state index is 10.8. The predicted octanol–water partition coefficient (Wildman–Crippen LogP) is 1.93. The zero-order valence-corrected chi connectivity index (χ0v) is 10.9. The average molecular weight is 259 g/mol. The van der Waals surface area contributed by atoms with E-state index in [9.17, 15) is 4.79 Å². The molecule has 1 unspecified atom stereocenters. The number of aliphatic carboxylic acids is 1. The van der Waals surface area contributed by atoms with Gasteiger partial charge in [0.15, 0.2) is 0 Å². The van der Waals surface area contributed by atoms with Crippen molar-refractivity contribution in [3.05, 3.63) is 35.4 Å². The van der Waals surface area contributed by atoms with Gasteiger partial charge in [-0.2, -0.15) is 0 Å².